The maximum Gasteiger partial charge on any atom is 0.417 e. The van der Waals surface area contributed by atoms with Crippen LogP contribution in [0.3, 0.4) is 0 Å². The van der Waals surface area contributed by atoms with E-state index in [1.807, 2.05) is 0 Å². The molecular formula is C22H21F3N4O3. The van der Waals surface area contributed by atoms with E-state index in [0.29, 0.717) is 30.5 Å². The summed E-state index contributed by atoms with van der Waals surface area (Å²) in [5.74, 6) is -0.669. The summed E-state index contributed by atoms with van der Waals surface area (Å²) in [4.78, 5) is 33.2. The molecule has 32 heavy (non-hydrogen) atoms. The molecule has 3 aromatic rings. The van der Waals surface area contributed by atoms with Gasteiger partial charge in [-0.3, -0.25) is 9.59 Å². The van der Waals surface area contributed by atoms with E-state index in [9.17, 15) is 22.8 Å². The van der Waals surface area contributed by atoms with E-state index < -0.39 is 23.7 Å². The number of hydrogen-bond acceptors (Lipinski definition) is 5. The third-order valence-electron chi connectivity index (χ3n) is 5.60. The summed E-state index contributed by atoms with van der Waals surface area (Å²) in [6, 6.07) is 5.71. The van der Waals surface area contributed by atoms with Gasteiger partial charge in [-0.05, 0) is 31.9 Å². The second-order valence-corrected chi connectivity index (χ2v) is 7.94. The second kappa shape index (κ2) is 7.92. The molecule has 1 unspecified atom stereocenters. The molecule has 0 radical (unpaired) electrons. The summed E-state index contributed by atoms with van der Waals surface area (Å²) in [7, 11) is 3.23. The summed E-state index contributed by atoms with van der Waals surface area (Å²) in [6.45, 7) is 1.99. The minimum atomic E-state index is -4.60. The maximum absolute atomic E-state index is 13.6. The molecule has 3 heterocycles. The molecule has 0 spiro atoms. The first kappa shape index (κ1) is 21.8. The largest absolute Gasteiger partial charge is 0.417 e. The van der Waals surface area contributed by atoms with E-state index >= 15 is 0 Å². The standard InChI is InChI=1S/C22H21F3N4O3/c1-12-18-14(20(30)29-10-6-9-17(29)21(31)28(2)3)11-16(26-19(18)32-27-12)13-7-4-5-8-15(13)22(23,24)25/h4-5,7-8,11,17H,6,9-10H2,1-3H3. The quantitative estimate of drug-likeness (QED) is 0.610. The van der Waals surface area contributed by atoms with Gasteiger partial charge in [0, 0.05) is 26.2 Å². The number of alkyl halides is 3. The van der Waals surface area contributed by atoms with Crippen molar-refractivity contribution in [2.45, 2.75) is 32.0 Å². The minimum Gasteiger partial charge on any atom is -0.347 e. The Morgan fingerprint density at radius 1 is 1.22 bits per heavy atom. The molecule has 168 valence electrons. The monoisotopic (exact) mass is 446 g/mol. The first-order valence-electron chi connectivity index (χ1n) is 10.1. The van der Waals surface area contributed by atoms with Crippen LogP contribution in [-0.4, -0.2) is 58.4 Å². The maximum atomic E-state index is 13.6. The summed E-state index contributed by atoms with van der Waals surface area (Å²) < 4.78 is 46.0. The molecule has 1 atom stereocenters. The van der Waals surface area contributed by atoms with Gasteiger partial charge in [-0.1, -0.05) is 23.4 Å². The molecule has 2 amide bonds. The Hall–Kier alpha value is -3.43. The zero-order chi connectivity index (χ0) is 23.2. The number of likely N-dealkylation sites (N-methyl/N-ethyl adjacent to an activating group) is 1. The normalized spacial score (nSPS) is 16.6. The number of hydrogen-bond donors (Lipinski definition) is 0. The average molecular weight is 446 g/mol. The fraction of sp³-hybridized carbons (Fsp3) is 0.364. The molecule has 0 aliphatic carbocycles. The van der Waals surface area contributed by atoms with Crippen LogP contribution < -0.4 is 0 Å². The van der Waals surface area contributed by atoms with Crippen molar-refractivity contribution in [2.24, 2.45) is 0 Å². The highest BCUT2D eigenvalue weighted by Crippen LogP contribution is 2.38. The third-order valence-corrected chi connectivity index (χ3v) is 5.60. The molecule has 0 saturated carbocycles. The van der Waals surface area contributed by atoms with E-state index in [1.165, 1.54) is 34.1 Å². The SMILES string of the molecule is Cc1noc2nc(-c3ccccc3C(F)(F)F)cc(C(=O)N3CCCC3C(=O)N(C)C)c12. The Balaban J connectivity index is 1.87. The minimum absolute atomic E-state index is 0.0324. The summed E-state index contributed by atoms with van der Waals surface area (Å²) >= 11 is 0. The number of pyridine rings is 1. The van der Waals surface area contributed by atoms with Gasteiger partial charge < -0.3 is 14.3 Å². The molecule has 1 aliphatic rings. The van der Waals surface area contributed by atoms with Crippen LogP contribution in [-0.2, 0) is 11.0 Å². The average Bonchev–Trinajstić information content (AvgIpc) is 3.38. The van der Waals surface area contributed by atoms with E-state index in [-0.39, 0.29) is 28.4 Å². The Labute approximate surface area is 181 Å². The van der Waals surface area contributed by atoms with Crippen molar-refractivity contribution in [3.63, 3.8) is 0 Å². The summed E-state index contributed by atoms with van der Waals surface area (Å²) in [5.41, 5.74) is -0.634. The molecule has 1 aromatic carbocycles. The molecule has 0 N–H and O–H groups in total. The van der Waals surface area contributed by atoms with Gasteiger partial charge in [0.25, 0.3) is 11.6 Å². The Kier molecular flexibility index (Phi) is 5.39. The van der Waals surface area contributed by atoms with E-state index in [4.69, 9.17) is 4.52 Å². The third kappa shape index (κ3) is 3.69. The van der Waals surface area contributed by atoms with Gasteiger partial charge in [-0.15, -0.1) is 0 Å². The van der Waals surface area contributed by atoms with Crippen LogP contribution in [0, 0.1) is 6.92 Å². The number of likely N-dealkylation sites (tertiary alicyclic amines) is 1. The number of aromatic nitrogens is 2. The van der Waals surface area contributed by atoms with Crippen LogP contribution in [0.1, 0.15) is 34.5 Å². The fourth-order valence-electron chi connectivity index (χ4n) is 4.07. The molecule has 7 nitrogen and oxygen atoms in total. The molecule has 1 saturated heterocycles. The Bertz CT molecular complexity index is 1200. The zero-order valence-electron chi connectivity index (χ0n) is 17.7. The highest BCUT2D eigenvalue weighted by atomic mass is 19.4. The molecule has 1 fully saturated rings. The Morgan fingerprint density at radius 3 is 2.62 bits per heavy atom. The van der Waals surface area contributed by atoms with Gasteiger partial charge in [-0.25, -0.2) is 4.98 Å². The van der Waals surface area contributed by atoms with Crippen molar-refractivity contribution in [1.29, 1.82) is 0 Å². The lowest BCUT2D eigenvalue weighted by Gasteiger charge is -2.26. The highest BCUT2D eigenvalue weighted by Gasteiger charge is 2.38. The molecule has 0 bridgehead atoms. The van der Waals surface area contributed by atoms with Crippen LogP contribution in [0.2, 0.25) is 0 Å². The number of carbonyl (C=O) groups is 2. The lowest BCUT2D eigenvalue weighted by atomic mass is 10.00. The first-order valence-corrected chi connectivity index (χ1v) is 10.1. The number of nitrogens with zero attached hydrogens (tertiary/aromatic N) is 4. The van der Waals surface area contributed by atoms with Crippen LogP contribution in [0.25, 0.3) is 22.4 Å². The smallest absolute Gasteiger partial charge is 0.347 e. The zero-order valence-corrected chi connectivity index (χ0v) is 17.7. The van der Waals surface area contributed by atoms with Crippen molar-refractivity contribution in [2.75, 3.05) is 20.6 Å². The van der Waals surface area contributed by atoms with Crippen molar-refractivity contribution >= 4 is 22.9 Å². The van der Waals surface area contributed by atoms with Crippen LogP contribution in [0.5, 0.6) is 0 Å². The fourth-order valence-corrected chi connectivity index (χ4v) is 4.07. The molecular weight excluding hydrogens is 425 g/mol. The number of benzene rings is 1. The number of fused-ring (bicyclic) bond motifs is 1. The van der Waals surface area contributed by atoms with Crippen LogP contribution in [0.4, 0.5) is 13.2 Å². The van der Waals surface area contributed by atoms with Crippen molar-refractivity contribution in [3.05, 3.63) is 47.2 Å². The highest BCUT2D eigenvalue weighted by molar-refractivity contribution is 6.08. The Morgan fingerprint density at radius 2 is 1.94 bits per heavy atom. The van der Waals surface area contributed by atoms with Gasteiger partial charge in [0.15, 0.2) is 0 Å². The number of aryl methyl sites for hydroxylation is 1. The first-order chi connectivity index (χ1) is 15.1. The van der Waals surface area contributed by atoms with Gasteiger partial charge >= 0.3 is 6.18 Å². The van der Waals surface area contributed by atoms with Gasteiger partial charge in [0.1, 0.15) is 6.04 Å². The lowest BCUT2D eigenvalue weighted by Crippen LogP contribution is -2.45. The van der Waals surface area contributed by atoms with E-state index in [0.717, 1.165) is 6.07 Å². The predicted molar refractivity (Wildman–Crippen MR) is 110 cm³/mol. The van der Waals surface area contributed by atoms with Crippen LogP contribution >= 0.6 is 0 Å². The van der Waals surface area contributed by atoms with E-state index in [1.54, 1.807) is 21.0 Å². The summed E-state index contributed by atoms with van der Waals surface area (Å²) in [6.07, 6.45) is -3.44. The second-order valence-electron chi connectivity index (χ2n) is 7.94. The van der Waals surface area contributed by atoms with Gasteiger partial charge in [-0.2, -0.15) is 13.2 Å². The number of halogens is 3. The van der Waals surface area contributed by atoms with Gasteiger partial charge in [0.05, 0.1) is 27.9 Å². The number of carbonyl (C=O) groups excluding carboxylic acids is 2. The molecule has 10 heteroatoms. The molecule has 2 aromatic heterocycles. The van der Waals surface area contributed by atoms with Gasteiger partial charge in [0.2, 0.25) is 5.91 Å². The van der Waals surface area contributed by atoms with Crippen molar-refractivity contribution in [1.82, 2.24) is 19.9 Å². The summed E-state index contributed by atoms with van der Waals surface area (Å²) in [5, 5.41) is 4.17. The lowest BCUT2D eigenvalue weighted by molar-refractivity contribution is -0.137. The van der Waals surface area contributed by atoms with Crippen molar-refractivity contribution < 1.29 is 27.3 Å². The number of amides is 2. The van der Waals surface area contributed by atoms with Crippen molar-refractivity contribution in [3.8, 4) is 11.3 Å². The van der Waals surface area contributed by atoms with Crippen LogP contribution in [0.15, 0.2) is 34.9 Å². The topological polar surface area (TPSA) is 79.5 Å². The predicted octanol–water partition coefficient (Wildman–Crippen LogP) is 3.91. The number of rotatable bonds is 3. The molecule has 1 aliphatic heterocycles. The van der Waals surface area contributed by atoms with E-state index in [2.05, 4.69) is 10.1 Å². The molecule has 4 rings (SSSR count).